The van der Waals surface area contributed by atoms with E-state index in [2.05, 4.69) is 24.0 Å². The normalized spacial score (nSPS) is 12.0. The summed E-state index contributed by atoms with van der Waals surface area (Å²) >= 11 is 0. The lowest BCUT2D eigenvalue weighted by atomic mass is 10.0. The molecule has 186 valence electrons. The Labute approximate surface area is 210 Å². The van der Waals surface area contributed by atoms with E-state index in [4.69, 9.17) is 4.99 Å². The van der Waals surface area contributed by atoms with Crippen molar-refractivity contribution in [1.29, 1.82) is 0 Å². The zero-order chi connectivity index (χ0) is 23.9. The second kappa shape index (κ2) is 20.2. The Hall–Kier alpha value is -2.22. The first-order valence-corrected chi connectivity index (χ1v) is 14.1. The fraction of sp³-hybridized carbons (Fsp3) is 0.562. The summed E-state index contributed by atoms with van der Waals surface area (Å²) in [6.07, 6.45) is 25.3. The third kappa shape index (κ3) is 14.8. The van der Waals surface area contributed by atoms with E-state index >= 15 is 0 Å². The summed E-state index contributed by atoms with van der Waals surface area (Å²) in [5.41, 5.74) is 3.06. The van der Waals surface area contributed by atoms with Gasteiger partial charge in [-0.25, -0.2) is 0 Å². The van der Waals surface area contributed by atoms with Crippen LogP contribution in [0, 0.1) is 0 Å². The lowest BCUT2D eigenvalue weighted by molar-refractivity contribution is 0.530. The van der Waals surface area contributed by atoms with Gasteiger partial charge in [-0.3, -0.25) is 9.98 Å². The van der Waals surface area contributed by atoms with E-state index in [0.29, 0.717) is 0 Å². The number of para-hydroxylation sites is 2. The molecule has 0 fully saturated rings. The Bertz CT molecular complexity index is 764. The molecule has 2 aromatic rings. The van der Waals surface area contributed by atoms with Crippen molar-refractivity contribution in [3.8, 4) is 0 Å². The van der Waals surface area contributed by atoms with Crippen molar-refractivity contribution in [2.75, 3.05) is 0 Å². The van der Waals surface area contributed by atoms with Gasteiger partial charge in [-0.1, -0.05) is 140 Å². The molecule has 0 saturated heterocycles. The van der Waals surface area contributed by atoms with E-state index in [0.717, 1.165) is 23.5 Å². The maximum Gasteiger partial charge on any atom is 0.0633 e. The van der Waals surface area contributed by atoms with Gasteiger partial charge in [-0.2, -0.15) is 0 Å². The molecule has 0 aliphatic carbocycles. The molecule has 2 rings (SSSR count). The molecule has 0 aromatic heterocycles. The summed E-state index contributed by atoms with van der Waals surface area (Å²) in [4.78, 5) is 9.49. The minimum Gasteiger partial charge on any atom is -0.255 e. The molecular formula is C32H48N2. The van der Waals surface area contributed by atoms with Crippen LogP contribution < -0.4 is 0 Å². The first kappa shape index (κ1) is 28.0. The lowest BCUT2D eigenvalue weighted by Gasteiger charge is -2.04. The monoisotopic (exact) mass is 460 g/mol. The maximum absolute atomic E-state index is 4.85. The largest absolute Gasteiger partial charge is 0.255 e. The summed E-state index contributed by atoms with van der Waals surface area (Å²) in [6, 6.07) is 20.4. The van der Waals surface area contributed by atoms with Gasteiger partial charge < -0.3 is 0 Å². The van der Waals surface area contributed by atoms with Crippen LogP contribution in [0.5, 0.6) is 0 Å². The van der Waals surface area contributed by atoms with Crippen LogP contribution >= 0.6 is 0 Å². The van der Waals surface area contributed by atoms with E-state index in [-0.39, 0.29) is 0 Å². The number of hydrogen-bond acceptors (Lipinski definition) is 2. The highest BCUT2D eigenvalue weighted by molar-refractivity contribution is 6.31. The van der Waals surface area contributed by atoms with Gasteiger partial charge in [0.05, 0.1) is 17.1 Å². The smallest absolute Gasteiger partial charge is 0.0633 e. The first-order chi connectivity index (χ1) is 16.9. The summed E-state index contributed by atoms with van der Waals surface area (Å²) in [5, 5.41) is 0. The molecule has 0 spiro atoms. The number of rotatable bonds is 20. The summed E-state index contributed by atoms with van der Waals surface area (Å²) in [6.45, 7) is 2.29. The molecule has 0 N–H and O–H groups in total. The Morgan fingerprint density at radius 1 is 0.529 bits per heavy atom. The Morgan fingerprint density at radius 3 is 1.41 bits per heavy atom. The lowest BCUT2D eigenvalue weighted by Crippen LogP contribution is -1.99. The molecule has 0 heterocycles. The summed E-state index contributed by atoms with van der Waals surface area (Å²) < 4.78 is 0. The van der Waals surface area contributed by atoms with Crippen LogP contribution in [0.3, 0.4) is 0 Å². The molecule has 0 atom stereocenters. The second-order valence-electron chi connectivity index (χ2n) is 9.59. The summed E-state index contributed by atoms with van der Waals surface area (Å²) in [5.74, 6) is 0. The second-order valence-corrected chi connectivity index (χ2v) is 9.59. The zero-order valence-corrected chi connectivity index (χ0v) is 21.8. The topological polar surface area (TPSA) is 24.7 Å². The van der Waals surface area contributed by atoms with Crippen LogP contribution in [-0.2, 0) is 0 Å². The molecule has 0 radical (unpaired) electrons. The maximum atomic E-state index is 4.85. The SMILES string of the molecule is CCCCCCCCCCCCCCCCCCC(C=Nc1ccccc1)=Nc1ccccc1. The molecule has 0 aliphatic rings. The van der Waals surface area contributed by atoms with Gasteiger partial charge in [0.15, 0.2) is 0 Å². The minimum absolute atomic E-state index is 0.982. The van der Waals surface area contributed by atoms with Crippen molar-refractivity contribution >= 4 is 23.3 Å². The predicted octanol–water partition coefficient (Wildman–Crippen LogP) is 10.8. The van der Waals surface area contributed by atoms with Gasteiger partial charge in [0.1, 0.15) is 0 Å². The Morgan fingerprint density at radius 2 is 0.941 bits per heavy atom. The van der Waals surface area contributed by atoms with E-state index in [1.54, 1.807) is 0 Å². The van der Waals surface area contributed by atoms with Crippen LogP contribution in [0.1, 0.15) is 116 Å². The predicted molar refractivity (Wildman–Crippen MR) is 152 cm³/mol. The average Bonchev–Trinajstić information content (AvgIpc) is 2.88. The molecule has 0 amide bonds. The van der Waals surface area contributed by atoms with Crippen molar-refractivity contribution < 1.29 is 0 Å². The highest BCUT2D eigenvalue weighted by Crippen LogP contribution is 2.16. The van der Waals surface area contributed by atoms with E-state index in [1.165, 1.54) is 103 Å². The third-order valence-corrected chi connectivity index (χ3v) is 6.43. The van der Waals surface area contributed by atoms with Crippen LogP contribution in [0.2, 0.25) is 0 Å². The number of benzene rings is 2. The Balaban J connectivity index is 1.53. The highest BCUT2D eigenvalue weighted by atomic mass is 14.8. The van der Waals surface area contributed by atoms with Crippen LogP contribution in [0.4, 0.5) is 11.4 Å². The molecule has 0 bridgehead atoms. The van der Waals surface area contributed by atoms with Crippen molar-refractivity contribution in [2.24, 2.45) is 9.98 Å². The van der Waals surface area contributed by atoms with E-state index in [9.17, 15) is 0 Å². The van der Waals surface area contributed by atoms with Crippen molar-refractivity contribution in [3.63, 3.8) is 0 Å². The molecule has 0 saturated carbocycles. The van der Waals surface area contributed by atoms with Gasteiger partial charge in [0.2, 0.25) is 0 Å². The van der Waals surface area contributed by atoms with Gasteiger partial charge in [0, 0.05) is 6.21 Å². The first-order valence-electron chi connectivity index (χ1n) is 14.1. The molecule has 34 heavy (non-hydrogen) atoms. The number of unbranched alkanes of at least 4 members (excludes halogenated alkanes) is 15. The summed E-state index contributed by atoms with van der Waals surface area (Å²) in [7, 11) is 0. The third-order valence-electron chi connectivity index (χ3n) is 6.43. The number of hydrogen-bond donors (Lipinski definition) is 0. The van der Waals surface area contributed by atoms with Crippen LogP contribution in [0.25, 0.3) is 0 Å². The van der Waals surface area contributed by atoms with Crippen LogP contribution in [-0.4, -0.2) is 11.9 Å². The molecule has 2 nitrogen and oxygen atoms in total. The fourth-order valence-electron chi connectivity index (χ4n) is 4.33. The zero-order valence-electron chi connectivity index (χ0n) is 21.8. The molecular weight excluding hydrogens is 412 g/mol. The average molecular weight is 461 g/mol. The van der Waals surface area contributed by atoms with E-state index in [1.807, 2.05) is 54.7 Å². The van der Waals surface area contributed by atoms with Crippen molar-refractivity contribution in [3.05, 3.63) is 60.7 Å². The minimum atomic E-state index is 0.982. The molecule has 2 aromatic carbocycles. The van der Waals surface area contributed by atoms with Gasteiger partial charge >= 0.3 is 0 Å². The quantitative estimate of drug-likeness (QED) is 0.139. The van der Waals surface area contributed by atoms with Gasteiger partial charge in [-0.15, -0.1) is 0 Å². The number of nitrogens with zero attached hydrogens (tertiary/aromatic N) is 2. The van der Waals surface area contributed by atoms with E-state index < -0.39 is 0 Å². The molecule has 0 unspecified atom stereocenters. The van der Waals surface area contributed by atoms with Crippen LogP contribution in [0.15, 0.2) is 70.6 Å². The number of aliphatic imine (C=N–C) groups is 2. The standard InChI is InChI=1S/C32H48N2/c1-2-3-4-5-6-7-8-9-10-11-12-13-14-15-16-19-28-32(34-31-26-22-18-23-27-31)29-33-30-24-20-17-21-25-30/h17-18,20-27,29H,2-16,19,28H2,1H3. The fourth-order valence-corrected chi connectivity index (χ4v) is 4.33. The molecule has 0 aliphatic heterocycles. The van der Waals surface area contributed by atoms with Crippen molar-refractivity contribution in [1.82, 2.24) is 0 Å². The highest BCUT2D eigenvalue weighted by Gasteiger charge is 2.00. The van der Waals surface area contributed by atoms with Gasteiger partial charge in [-0.05, 0) is 37.1 Å². The Kier molecular flexibility index (Phi) is 16.6. The molecule has 2 heteroatoms. The van der Waals surface area contributed by atoms with Gasteiger partial charge in [0.25, 0.3) is 0 Å². The van der Waals surface area contributed by atoms with Crippen molar-refractivity contribution in [2.45, 2.75) is 116 Å².